The fraction of sp³-hybridized carbons (Fsp3) is 0.375. The molecule has 168 valence electrons. The van der Waals surface area contributed by atoms with E-state index >= 15 is 0 Å². The number of esters is 1. The molecule has 0 aliphatic heterocycles. The van der Waals surface area contributed by atoms with Gasteiger partial charge in [-0.15, -0.1) is 0 Å². The van der Waals surface area contributed by atoms with E-state index in [2.05, 4.69) is 4.72 Å². The molecule has 0 aromatic heterocycles. The second-order valence-electron chi connectivity index (χ2n) is 8.30. The van der Waals surface area contributed by atoms with Gasteiger partial charge < -0.3 is 9.84 Å². The van der Waals surface area contributed by atoms with Gasteiger partial charge in [-0.2, -0.15) is 0 Å². The highest BCUT2D eigenvalue weighted by atomic mass is 32.2. The molecule has 0 amide bonds. The number of rotatable bonds is 8. The first-order valence-corrected chi connectivity index (χ1v) is 11.7. The van der Waals surface area contributed by atoms with Crippen LogP contribution in [0, 0.1) is 6.92 Å². The van der Waals surface area contributed by atoms with Crippen LogP contribution in [0.5, 0.6) is 0 Å². The van der Waals surface area contributed by atoms with Crippen LogP contribution in [0.1, 0.15) is 50.8 Å². The molecule has 0 bridgehead atoms. The van der Waals surface area contributed by atoms with E-state index in [0.717, 1.165) is 11.1 Å². The molecule has 0 saturated carbocycles. The Kier molecular flexibility index (Phi) is 8.17. The molecule has 0 unspecified atom stereocenters. The molecule has 0 saturated heterocycles. The first kappa shape index (κ1) is 24.8. The molecular weight excluding hydrogens is 414 g/mol. The average Bonchev–Trinajstić information content (AvgIpc) is 2.66. The van der Waals surface area contributed by atoms with Gasteiger partial charge in [0.05, 0.1) is 11.5 Å². The Balaban J connectivity index is 2.65. The van der Waals surface area contributed by atoms with Gasteiger partial charge in [0.15, 0.2) is 0 Å². The Morgan fingerprint density at radius 3 is 2.23 bits per heavy atom. The lowest BCUT2D eigenvalue weighted by atomic mass is 9.91. The summed E-state index contributed by atoms with van der Waals surface area (Å²) in [4.78, 5) is 12.8. The molecule has 2 aromatic carbocycles. The second kappa shape index (κ2) is 10.2. The Bertz CT molecular complexity index is 1050. The molecule has 2 N–H and O–H groups in total. The summed E-state index contributed by atoms with van der Waals surface area (Å²) in [5.74, 6) is -0.501. The maximum absolute atomic E-state index is 12.7. The van der Waals surface area contributed by atoms with Crippen molar-refractivity contribution in [1.29, 1.82) is 0 Å². The van der Waals surface area contributed by atoms with Gasteiger partial charge in [-0.1, -0.05) is 42.0 Å². The van der Waals surface area contributed by atoms with E-state index in [1.54, 1.807) is 39.8 Å². The quantitative estimate of drug-likeness (QED) is 0.476. The molecule has 0 aliphatic carbocycles. The molecule has 2 aromatic rings. The lowest BCUT2D eigenvalue weighted by Gasteiger charge is -2.20. The summed E-state index contributed by atoms with van der Waals surface area (Å²) in [6, 6.07) is 14.0. The van der Waals surface area contributed by atoms with Crippen molar-refractivity contribution in [1.82, 2.24) is 4.72 Å². The molecule has 7 heteroatoms. The molecule has 31 heavy (non-hydrogen) atoms. The summed E-state index contributed by atoms with van der Waals surface area (Å²) in [6.45, 7) is 9.00. The van der Waals surface area contributed by atoms with Crippen molar-refractivity contribution in [2.75, 3.05) is 13.2 Å². The zero-order valence-electron chi connectivity index (χ0n) is 18.7. The molecule has 6 nitrogen and oxygen atoms in total. The van der Waals surface area contributed by atoms with Crippen molar-refractivity contribution >= 4 is 21.6 Å². The maximum atomic E-state index is 12.7. The zero-order chi connectivity index (χ0) is 23.2. The standard InChI is InChI=1S/C24H31NO5S/c1-6-30-23(27)21(14-15-26)22(19-9-7-8-17(2)16-19)18-10-12-20(13-11-18)31(28,29)25-24(3,4)5/h7-13,16,25-26H,6,14-15H2,1-5H3. The van der Waals surface area contributed by atoms with Gasteiger partial charge in [0, 0.05) is 24.1 Å². The highest BCUT2D eigenvalue weighted by Crippen LogP contribution is 2.31. The fourth-order valence-corrected chi connectivity index (χ4v) is 4.66. The van der Waals surface area contributed by atoms with Gasteiger partial charge in [-0.25, -0.2) is 17.9 Å². The first-order chi connectivity index (χ1) is 14.5. The van der Waals surface area contributed by atoms with Gasteiger partial charge in [0.1, 0.15) is 0 Å². The number of aliphatic hydroxyl groups is 1. The van der Waals surface area contributed by atoms with Crippen LogP contribution in [0.15, 0.2) is 59.0 Å². The minimum atomic E-state index is -3.68. The van der Waals surface area contributed by atoms with E-state index in [0.29, 0.717) is 16.7 Å². The van der Waals surface area contributed by atoms with Gasteiger partial charge in [0.2, 0.25) is 10.0 Å². The van der Waals surface area contributed by atoms with Crippen LogP contribution in [0.2, 0.25) is 0 Å². The number of aliphatic hydroxyl groups excluding tert-OH is 1. The third kappa shape index (κ3) is 6.75. The summed E-state index contributed by atoms with van der Waals surface area (Å²) in [5.41, 5.74) is 2.82. The second-order valence-corrected chi connectivity index (χ2v) is 9.98. The number of hydrogen-bond acceptors (Lipinski definition) is 5. The highest BCUT2D eigenvalue weighted by molar-refractivity contribution is 7.89. The molecule has 0 spiro atoms. The van der Waals surface area contributed by atoms with E-state index in [4.69, 9.17) is 4.74 Å². The molecular formula is C24H31NO5S. The Morgan fingerprint density at radius 1 is 1.06 bits per heavy atom. The van der Waals surface area contributed by atoms with Crippen molar-refractivity contribution in [2.24, 2.45) is 0 Å². The minimum Gasteiger partial charge on any atom is -0.463 e. The van der Waals surface area contributed by atoms with Crippen LogP contribution in [0.3, 0.4) is 0 Å². The highest BCUT2D eigenvalue weighted by Gasteiger charge is 2.23. The monoisotopic (exact) mass is 445 g/mol. The molecule has 2 rings (SSSR count). The number of sulfonamides is 1. The average molecular weight is 446 g/mol. The summed E-state index contributed by atoms with van der Waals surface area (Å²) >= 11 is 0. The van der Waals surface area contributed by atoms with Gasteiger partial charge in [-0.05, 0) is 63.5 Å². The van der Waals surface area contributed by atoms with Crippen LogP contribution in [0.25, 0.3) is 5.57 Å². The van der Waals surface area contributed by atoms with E-state index < -0.39 is 21.5 Å². The maximum Gasteiger partial charge on any atom is 0.334 e. The van der Waals surface area contributed by atoms with E-state index in [1.807, 2.05) is 31.2 Å². The predicted molar refractivity (Wildman–Crippen MR) is 122 cm³/mol. The lowest BCUT2D eigenvalue weighted by Crippen LogP contribution is -2.40. The van der Waals surface area contributed by atoms with Crippen LogP contribution >= 0.6 is 0 Å². The number of ether oxygens (including phenoxy) is 1. The van der Waals surface area contributed by atoms with Crippen molar-refractivity contribution in [2.45, 2.75) is 51.5 Å². The molecule has 0 radical (unpaired) electrons. The largest absolute Gasteiger partial charge is 0.463 e. The molecule has 0 aliphatic rings. The smallest absolute Gasteiger partial charge is 0.334 e. The predicted octanol–water partition coefficient (Wildman–Crippen LogP) is 3.82. The van der Waals surface area contributed by atoms with Crippen molar-refractivity contribution in [3.63, 3.8) is 0 Å². The van der Waals surface area contributed by atoms with Crippen LogP contribution in [0.4, 0.5) is 0 Å². The van der Waals surface area contributed by atoms with E-state index in [-0.39, 0.29) is 24.5 Å². The van der Waals surface area contributed by atoms with E-state index in [9.17, 15) is 18.3 Å². The number of carbonyl (C=O) groups is 1. The van der Waals surface area contributed by atoms with E-state index in [1.165, 1.54) is 12.1 Å². The number of aryl methyl sites for hydroxylation is 1. The van der Waals surface area contributed by atoms with Crippen molar-refractivity contribution < 1.29 is 23.1 Å². The Hall–Kier alpha value is -2.48. The van der Waals surface area contributed by atoms with Gasteiger partial charge >= 0.3 is 5.97 Å². The number of carbonyl (C=O) groups excluding carboxylic acids is 1. The third-order valence-corrected chi connectivity index (χ3v) is 6.16. The van der Waals surface area contributed by atoms with Crippen molar-refractivity contribution in [3.05, 3.63) is 70.8 Å². The van der Waals surface area contributed by atoms with Gasteiger partial charge in [-0.3, -0.25) is 0 Å². The lowest BCUT2D eigenvalue weighted by molar-refractivity contribution is -0.138. The first-order valence-electron chi connectivity index (χ1n) is 10.2. The minimum absolute atomic E-state index is 0.119. The number of hydrogen-bond donors (Lipinski definition) is 2. The molecule has 0 fully saturated rings. The zero-order valence-corrected chi connectivity index (χ0v) is 19.5. The summed E-state index contributed by atoms with van der Waals surface area (Å²) in [6.07, 6.45) is 0.119. The normalized spacial score (nSPS) is 13.0. The van der Waals surface area contributed by atoms with Crippen LogP contribution < -0.4 is 4.72 Å². The van der Waals surface area contributed by atoms with Gasteiger partial charge in [0.25, 0.3) is 0 Å². The summed E-state index contributed by atoms with van der Waals surface area (Å²) < 4.78 is 33.1. The SMILES string of the molecule is CCOC(=O)C(CCO)=C(c1ccc(S(=O)(=O)NC(C)(C)C)cc1)c1cccc(C)c1. The van der Waals surface area contributed by atoms with Crippen LogP contribution in [-0.2, 0) is 19.6 Å². The molecule has 0 heterocycles. The third-order valence-electron chi connectivity index (χ3n) is 4.39. The van der Waals surface area contributed by atoms with Crippen molar-refractivity contribution in [3.8, 4) is 0 Å². The topological polar surface area (TPSA) is 92.7 Å². The summed E-state index contributed by atoms with van der Waals surface area (Å²) in [5, 5.41) is 9.58. The number of benzene rings is 2. The Labute approximate surface area is 185 Å². The Morgan fingerprint density at radius 2 is 1.71 bits per heavy atom. The summed E-state index contributed by atoms with van der Waals surface area (Å²) in [7, 11) is -3.68. The fourth-order valence-electron chi connectivity index (χ4n) is 3.24. The molecule has 0 atom stereocenters. The van der Waals surface area contributed by atoms with Crippen LogP contribution in [-0.4, -0.2) is 38.2 Å². The number of nitrogens with one attached hydrogen (secondary N) is 1.